The number of esters is 1. The summed E-state index contributed by atoms with van der Waals surface area (Å²) in [6.45, 7) is 7.46. The smallest absolute Gasteiger partial charge is 0.309 e. The Kier molecular flexibility index (Phi) is 8.25. The van der Waals surface area contributed by atoms with Crippen LogP contribution < -0.4 is 10.1 Å². The predicted octanol–water partition coefficient (Wildman–Crippen LogP) is 2.61. The lowest BCUT2D eigenvalue weighted by molar-refractivity contribution is -0.149. The van der Waals surface area contributed by atoms with E-state index >= 15 is 0 Å². The second kappa shape index (κ2) is 10.7. The molecular formula is C20H31N3O3. The van der Waals surface area contributed by atoms with Crippen LogP contribution in [-0.2, 0) is 9.53 Å². The maximum atomic E-state index is 11.8. The first-order chi connectivity index (χ1) is 12.7. The topological polar surface area (TPSA) is 63.2 Å². The molecule has 1 saturated heterocycles. The van der Waals surface area contributed by atoms with Gasteiger partial charge >= 0.3 is 5.97 Å². The van der Waals surface area contributed by atoms with E-state index in [9.17, 15) is 4.79 Å². The fourth-order valence-electron chi connectivity index (χ4n) is 3.09. The molecule has 1 aliphatic rings. The van der Waals surface area contributed by atoms with E-state index in [1.165, 1.54) is 0 Å². The highest BCUT2D eigenvalue weighted by Crippen LogP contribution is 2.19. The van der Waals surface area contributed by atoms with Crippen molar-refractivity contribution in [1.29, 1.82) is 0 Å². The number of benzene rings is 1. The van der Waals surface area contributed by atoms with Crippen molar-refractivity contribution in [2.45, 2.75) is 33.1 Å². The van der Waals surface area contributed by atoms with Crippen LogP contribution in [0.3, 0.4) is 0 Å². The minimum absolute atomic E-state index is 0.0202. The third kappa shape index (κ3) is 5.93. The number of hydrogen-bond acceptors (Lipinski definition) is 4. The number of piperidine rings is 1. The molecule has 0 spiro atoms. The summed E-state index contributed by atoms with van der Waals surface area (Å²) in [5.74, 6) is 1.79. The predicted molar refractivity (Wildman–Crippen MR) is 104 cm³/mol. The third-order valence-corrected chi connectivity index (χ3v) is 4.58. The van der Waals surface area contributed by atoms with Crippen molar-refractivity contribution < 1.29 is 14.3 Å². The van der Waals surface area contributed by atoms with Gasteiger partial charge in [-0.15, -0.1) is 0 Å². The molecule has 0 amide bonds. The summed E-state index contributed by atoms with van der Waals surface area (Å²) >= 11 is 0. The van der Waals surface area contributed by atoms with Crippen molar-refractivity contribution in [2.75, 3.05) is 39.9 Å². The number of likely N-dealkylation sites (tertiary alicyclic amines) is 1. The maximum absolute atomic E-state index is 11.8. The molecule has 1 heterocycles. The van der Waals surface area contributed by atoms with E-state index < -0.39 is 0 Å². The Morgan fingerprint density at radius 1 is 1.31 bits per heavy atom. The number of carbonyl (C=O) groups excluding carboxylic acids is 1. The van der Waals surface area contributed by atoms with E-state index in [0.717, 1.165) is 56.2 Å². The van der Waals surface area contributed by atoms with Crippen molar-refractivity contribution in [2.24, 2.45) is 10.9 Å². The number of aryl methyl sites for hydroxylation is 1. The minimum atomic E-state index is -0.0662. The van der Waals surface area contributed by atoms with Gasteiger partial charge in [-0.1, -0.05) is 18.2 Å². The monoisotopic (exact) mass is 361 g/mol. The van der Waals surface area contributed by atoms with Crippen LogP contribution in [0.15, 0.2) is 29.3 Å². The zero-order chi connectivity index (χ0) is 18.8. The molecule has 0 bridgehead atoms. The van der Waals surface area contributed by atoms with Crippen LogP contribution in [0.2, 0.25) is 0 Å². The van der Waals surface area contributed by atoms with Gasteiger partial charge in [0, 0.05) is 26.7 Å². The van der Waals surface area contributed by atoms with Crippen molar-refractivity contribution in [1.82, 2.24) is 10.2 Å². The number of aliphatic imine (C=N–C) groups is 1. The fourth-order valence-corrected chi connectivity index (χ4v) is 3.09. The van der Waals surface area contributed by atoms with Crippen molar-refractivity contribution in [3.05, 3.63) is 29.8 Å². The van der Waals surface area contributed by atoms with Gasteiger partial charge in [0.15, 0.2) is 5.96 Å². The zero-order valence-electron chi connectivity index (χ0n) is 16.2. The van der Waals surface area contributed by atoms with Crippen LogP contribution in [0, 0.1) is 12.8 Å². The van der Waals surface area contributed by atoms with E-state index in [2.05, 4.69) is 28.2 Å². The van der Waals surface area contributed by atoms with Crippen LogP contribution in [0.4, 0.5) is 0 Å². The number of guanidine groups is 1. The number of ether oxygens (including phenoxy) is 2. The van der Waals surface area contributed by atoms with Gasteiger partial charge in [0.25, 0.3) is 0 Å². The van der Waals surface area contributed by atoms with Crippen molar-refractivity contribution >= 4 is 11.9 Å². The zero-order valence-corrected chi connectivity index (χ0v) is 16.2. The molecule has 6 heteroatoms. The Morgan fingerprint density at radius 3 is 2.69 bits per heavy atom. The molecule has 2 rings (SSSR count). The molecule has 0 saturated carbocycles. The van der Waals surface area contributed by atoms with Crippen LogP contribution >= 0.6 is 0 Å². The highest BCUT2D eigenvalue weighted by molar-refractivity contribution is 5.80. The van der Waals surface area contributed by atoms with Gasteiger partial charge in [0.05, 0.1) is 19.1 Å². The molecule has 26 heavy (non-hydrogen) atoms. The first-order valence-electron chi connectivity index (χ1n) is 9.46. The molecule has 0 radical (unpaired) electrons. The van der Waals surface area contributed by atoms with E-state index in [4.69, 9.17) is 9.47 Å². The molecule has 0 aliphatic carbocycles. The molecule has 1 aromatic rings. The number of nitrogens with zero attached hydrogens (tertiary/aromatic N) is 2. The normalized spacial score (nSPS) is 15.7. The Hall–Kier alpha value is -2.24. The second-order valence-corrected chi connectivity index (χ2v) is 6.45. The molecule has 0 aromatic heterocycles. The van der Waals surface area contributed by atoms with Gasteiger partial charge in [-0.2, -0.15) is 0 Å². The van der Waals surface area contributed by atoms with E-state index in [1.807, 2.05) is 25.1 Å². The van der Waals surface area contributed by atoms with Crippen LogP contribution in [0.25, 0.3) is 0 Å². The molecule has 0 atom stereocenters. The van der Waals surface area contributed by atoms with Crippen molar-refractivity contribution in [3.8, 4) is 5.75 Å². The Morgan fingerprint density at radius 2 is 2.04 bits per heavy atom. The summed E-state index contributed by atoms with van der Waals surface area (Å²) in [6, 6.07) is 8.05. The summed E-state index contributed by atoms with van der Waals surface area (Å²) in [6.07, 6.45) is 2.53. The lowest BCUT2D eigenvalue weighted by Crippen LogP contribution is -2.47. The number of para-hydroxylation sites is 1. The van der Waals surface area contributed by atoms with Crippen LogP contribution in [0.1, 0.15) is 31.7 Å². The summed E-state index contributed by atoms with van der Waals surface area (Å²) in [4.78, 5) is 18.4. The Labute approximate surface area is 156 Å². The van der Waals surface area contributed by atoms with Gasteiger partial charge in [0.2, 0.25) is 0 Å². The quantitative estimate of drug-likeness (QED) is 0.350. The number of rotatable bonds is 7. The van der Waals surface area contributed by atoms with Gasteiger partial charge in [-0.05, 0) is 44.7 Å². The first-order valence-corrected chi connectivity index (χ1v) is 9.46. The van der Waals surface area contributed by atoms with Gasteiger partial charge in [0.1, 0.15) is 5.75 Å². The summed E-state index contributed by atoms with van der Waals surface area (Å²) in [5, 5.41) is 3.39. The fraction of sp³-hybridized carbons (Fsp3) is 0.600. The highest BCUT2D eigenvalue weighted by atomic mass is 16.5. The minimum Gasteiger partial charge on any atom is -0.493 e. The molecule has 0 unspecified atom stereocenters. The lowest BCUT2D eigenvalue weighted by atomic mass is 9.97. The highest BCUT2D eigenvalue weighted by Gasteiger charge is 2.27. The molecule has 6 nitrogen and oxygen atoms in total. The molecular weight excluding hydrogens is 330 g/mol. The first kappa shape index (κ1) is 20.1. The number of carbonyl (C=O) groups is 1. The van der Waals surface area contributed by atoms with E-state index in [0.29, 0.717) is 13.2 Å². The van der Waals surface area contributed by atoms with Gasteiger partial charge in [-0.3, -0.25) is 9.79 Å². The summed E-state index contributed by atoms with van der Waals surface area (Å²) in [5.41, 5.74) is 1.15. The average Bonchev–Trinajstić information content (AvgIpc) is 2.66. The standard InChI is InChI=1S/C20H31N3O3/c1-4-25-19(24)17-10-13-23(14-11-17)20(21-3)22-12-7-15-26-18-9-6-5-8-16(18)2/h5-6,8-9,17H,4,7,10-15H2,1-3H3,(H,21,22). The van der Waals surface area contributed by atoms with E-state index in [1.54, 1.807) is 7.05 Å². The lowest BCUT2D eigenvalue weighted by Gasteiger charge is -2.33. The Bertz CT molecular complexity index is 596. The van der Waals surface area contributed by atoms with Crippen molar-refractivity contribution in [3.63, 3.8) is 0 Å². The van der Waals surface area contributed by atoms with E-state index in [-0.39, 0.29) is 11.9 Å². The molecule has 1 aliphatic heterocycles. The number of nitrogens with one attached hydrogen (secondary N) is 1. The van der Waals surface area contributed by atoms with Gasteiger partial charge in [-0.25, -0.2) is 0 Å². The van der Waals surface area contributed by atoms with Crippen LogP contribution in [0.5, 0.6) is 5.75 Å². The Balaban J connectivity index is 1.67. The summed E-state index contributed by atoms with van der Waals surface area (Å²) in [7, 11) is 1.80. The third-order valence-electron chi connectivity index (χ3n) is 4.58. The summed E-state index contributed by atoms with van der Waals surface area (Å²) < 4.78 is 10.9. The molecule has 1 N–H and O–H groups in total. The molecule has 1 aromatic carbocycles. The van der Waals surface area contributed by atoms with Crippen LogP contribution in [-0.4, -0.2) is 56.7 Å². The SMILES string of the molecule is CCOC(=O)C1CCN(C(=NC)NCCCOc2ccccc2C)CC1. The number of hydrogen-bond donors (Lipinski definition) is 1. The largest absolute Gasteiger partial charge is 0.493 e. The average molecular weight is 361 g/mol. The maximum Gasteiger partial charge on any atom is 0.309 e. The van der Waals surface area contributed by atoms with Gasteiger partial charge < -0.3 is 19.7 Å². The second-order valence-electron chi connectivity index (χ2n) is 6.45. The molecule has 1 fully saturated rings. The molecule has 144 valence electrons.